The zero-order chi connectivity index (χ0) is 25.9. The Morgan fingerprint density at radius 2 is 1.27 bits per heavy atom. The van der Waals surface area contributed by atoms with Gasteiger partial charge in [-0.1, -0.05) is 0 Å². The van der Waals surface area contributed by atoms with Crippen LogP contribution in [0.1, 0.15) is 69.2 Å². The molecule has 1 heterocycles. The lowest BCUT2D eigenvalue weighted by atomic mass is 9.93. The van der Waals surface area contributed by atoms with E-state index in [0.29, 0.717) is 0 Å². The molecule has 0 unspecified atom stereocenters. The van der Waals surface area contributed by atoms with Crippen LogP contribution in [0.25, 0.3) is 0 Å². The van der Waals surface area contributed by atoms with Gasteiger partial charge in [-0.2, -0.15) is 0 Å². The van der Waals surface area contributed by atoms with Crippen molar-refractivity contribution in [2.45, 2.75) is 99.9 Å². The van der Waals surface area contributed by atoms with Crippen molar-refractivity contribution >= 4 is 23.8 Å². The van der Waals surface area contributed by atoms with Crippen molar-refractivity contribution in [3.63, 3.8) is 0 Å². The van der Waals surface area contributed by atoms with Crippen LogP contribution in [0.15, 0.2) is 0 Å². The van der Waals surface area contributed by atoms with Crippen molar-refractivity contribution in [2.75, 3.05) is 6.61 Å². The maximum absolute atomic E-state index is 12.6. The third-order valence-electron chi connectivity index (χ3n) is 4.73. The van der Waals surface area contributed by atoms with Gasteiger partial charge in [0.1, 0.15) is 24.9 Å². The normalized spacial score (nSPS) is 26.2. The van der Waals surface area contributed by atoms with Crippen molar-refractivity contribution in [1.82, 2.24) is 5.32 Å². The first kappa shape index (κ1) is 28.8. The number of ether oxygens (including phenoxy) is 4. The van der Waals surface area contributed by atoms with Gasteiger partial charge in [-0.25, -0.2) is 0 Å². The van der Waals surface area contributed by atoms with Crippen molar-refractivity contribution in [2.24, 2.45) is 16.2 Å². The van der Waals surface area contributed by atoms with Gasteiger partial charge in [0.05, 0.1) is 16.2 Å². The number of esters is 3. The summed E-state index contributed by atoms with van der Waals surface area (Å²) in [6.45, 7) is 15.7. The van der Waals surface area contributed by atoms with Crippen molar-refractivity contribution in [3.8, 4) is 0 Å². The van der Waals surface area contributed by atoms with Gasteiger partial charge in [-0.05, 0) is 62.3 Å². The molecule has 0 radical (unpaired) electrons. The first-order chi connectivity index (χ1) is 14.7. The minimum absolute atomic E-state index is 0.369. The van der Waals surface area contributed by atoms with E-state index < -0.39 is 70.7 Å². The molecule has 0 aliphatic carbocycles. The number of hydrogen-bond acceptors (Lipinski definition) is 9. The number of rotatable bonds is 5. The molecule has 1 aliphatic rings. The molecule has 10 heteroatoms. The van der Waals surface area contributed by atoms with Gasteiger partial charge in [0, 0.05) is 6.92 Å². The quantitative estimate of drug-likeness (QED) is 0.451. The minimum Gasteiger partial charge on any atom is -0.462 e. The highest BCUT2D eigenvalue weighted by Gasteiger charge is 2.51. The van der Waals surface area contributed by atoms with E-state index in [1.807, 2.05) is 0 Å². The summed E-state index contributed by atoms with van der Waals surface area (Å²) in [5.41, 5.74) is -2.59. The lowest BCUT2D eigenvalue weighted by Crippen LogP contribution is -2.66. The number of hydrogen-bond donors (Lipinski definition) is 2. The van der Waals surface area contributed by atoms with E-state index in [1.54, 1.807) is 62.3 Å². The Morgan fingerprint density at radius 3 is 1.70 bits per heavy atom. The fraction of sp³-hybridized carbons (Fsp3) is 0.826. The average molecular weight is 474 g/mol. The third-order valence-corrected chi connectivity index (χ3v) is 4.73. The summed E-state index contributed by atoms with van der Waals surface area (Å²) < 4.78 is 22.2. The van der Waals surface area contributed by atoms with E-state index in [4.69, 9.17) is 18.9 Å². The minimum atomic E-state index is -1.51. The number of amides is 1. The van der Waals surface area contributed by atoms with Crippen LogP contribution >= 0.6 is 0 Å². The summed E-state index contributed by atoms with van der Waals surface area (Å²) in [5, 5.41) is 13.6. The Hall–Kier alpha value is -2.20. The van der Waals surface area contributed by atoms with Crippen molar-refractivity contribution in [3.05, 3.63) is 0 Å². The monoisotopic (exact) mass is 473 g/mol. The molecule has 0 aromatic heterocycles. The molecule has 1 aliphatic heterocycles. The molecule has 1 amide bonds. The van der Waals surface area contributed by atoms with Crippen LogP contribution in [-0.4, -0.2) is 66.2 Å². The number of aliphatic hydroxyl groups is 1. The van der Waals surface area contributed by atoms with Crippen LogP contribution in [0.2, 0.25) is 0 Å². The zero-order valence-electron chi connectivity index (χ0n) is 21.3. The van der Waals surface area contributed by atoms with E-state index in [9.17, 15) is 24.3 Å². The Balaban J connectivity index is 3.29. The molecular weight excluding hydrogens is 434 g/mol. The highest BCUT2D eigenvalue weighted by atomic mass is 16.7. The van der Waals surface area contributed by atoms with Crippen LogP contribution in [0.5, 0.6) is 0 Å². The molecule has 0 aromatic rings. The topological polar surface area (TPSA) is 137 Å². The number of aliphatic hydroxyl groups excluding tert-OH is 1. The predicted octanol–water partition coefficient (Wildman–Crippen LogP) is 1.71. The Labute approximate surface area is 195 Å². The van der Waals surface area contributed by atoms with E-state index in [1.165, 1.54) is 6.92 Å². The Morgan fingerprint density at radius 1 is 0.818 bits per heavy atom. The molecule has 33 heavy (non-hydrogen) atoms. The molecule has 190 valence electrons. The maximum Gasteiger partial charge on any atom is 0.313 e. The van der Waals surface area contributed by atoms with Crippen LogP contribution < -0.4 is 5.32 Å². The zero-order valence-corrected chi connectivity index (χ0v) is 21.3. The summed E-state index contributed by atoms with van der Waals surface area (Å²) in [6.07, 6.45) is -5.37. The number of carbonyl (C=O) groups is 4. The highest BCUT2D eigenvalue weighted by molar-refractivity contribution is 5.77. The molecule has 0 spiro atoms. The molecule has 10 nitrogen and oxygen atoms in total. The average Bonchev–Trinajstić information content (AvgIpc) is 2.62. The lowest BCUT2D eigenvalue weighted by Gasteiger charge is -2.44. The summed E-state index contributed by atoms with van der Waals surface area (Å²) in [6, 6.07) is -1.22. The predicted molar refractivity (Wildman–Crippen MR) is 118 cm³/mol. The molecule has 2 N–H and O–H groups in total. The van der Waals surface area contributed by atoms with Crippen LogP contribution in [0.4, 0.5) is 0 Å². The standard InChI is InChI=1S/C23H39NO9/c1-12(25)24-14-15(26)16(32-19(28)22(5,6)7)13(11-30-18(27)21(2,3)4)31-17(14)33-20(29)23(8,9)10/h13-17,26H,11H2,1-10H3,(H,24,25)/t13-,14-,15-,16+,17+/m1/s1. The SMILES string of the molecule is CC(=O)N[C@H]1[C@H](OC(=O)C(C)(C)C)O[C@H](COC(=O)C(C)(C)C)[C@H](OC(=O)C(C)(C)C)[C@@H]1O. The Bertz CT molecular complexity index is 743. The third kappa shape index (κ3) is 8.26. The van der Waals surface area contributed by atoms with Gasteiger partial charge in [-0.15, -0.1) is 0 Å². The smallest absolute Gasteiger partial charge is 0.313 e. The molecule has 0 saturated carbocycles. The summed E-state index contributed by atoms with van der Waals surface area (Å²) in [4.78, 5) is 49.1. The second-order valence-corrected chi connectivity index (χ2v) is 11.4. The Kier molecular flexibility index (Phi) is 9.07. The van der Waals surface area contributed by atoms with Gasteiger partial charge in [0.2, 0.25) is 12.2 Å². The molecule has 1 rings (SSSR count). The number of carbonyl (C=O) groups excluding carboxylic acids is 4. The van der Waals surface area contributed by atoms with Crippen LogP contribution in [0.3, 0.4) is 0 Å². The molecule has 1 fully saturated rings. The summed E-state index contributed by atoms with van der Waals surface area (Å²) >= 11 is 0. The summed E-state index contributed by atoms with van der Waals surface area (Å²) in [7, 11) is 0. The van der Waals surface area contributed by atoms with Gasteiger partial charge in [-0.3, -0.25) is 19.2 Å². The molecule has 5 atom stereocenters. The van der Waals surface area contributed by atoms with E-state index >= 15 is 0 Å². The van der Waals surface area contributed by atoms with Gasteiger partial charge >= 0.3 is 17.9 Å². The second kappa shape index (κ2) is 10.4. The largest absolute Gasteiger partial charge is 0.462 e. The highest BCUT2D eigenvalue weighted by Crippen LogP contribution is 2.30. The van der Waals surface area contributed by atoms with Gasteiger partial charge < -0.3 is 29.4 Å². The van der Waals surface area contributed by atoms with E-state index in [0.717, 1.165) is 0 Å². The lowest BCUT2D eigenvalue weighted by molar-refractivity contribution is -0.273. The van der Waals surface area contributed by atoms with Crippen molar-refractivity contribution < 1.29 is 43.2 Å². The molecule has 0 bridgehead atoms. The van der Waals surface area contributed by atoms with E-state index in [-0.39, 0.29) is 6.61 Å². The molecular formula is C23H39NO9. The van der Waals surface area contributed by atoms with E-state index in [2.05, 4.69) is 5.32 Å². The van der Waals surface area contributed by atoms with Gasteiger partial charge in [0.25, 0.3) is 0 Å². The van der Waals surface area contributed by atoms with Gasteiger partial charge in [0.15, 0.2) is 6.10 Å². The number of nitrogens with one attached hydrogen (secondary N) is 1. The summed E-state index contributed by atoms with van der Waals surface area (Å²) in [5.74, 6) is -2.31. The van der Waals surface area contributed by atoms with Crippen molar-refractivity contribution in [1.29, 1.82) is 0 Å². The fourth-order valence-corrected chi connectivity index (χ4v) is 2.65. The maximum atomic E-state index is 12.6. The first-order valence-corrected chi connectivity index (χ1v) is 10.9. The van der Waals surface area contributed by atoms with Crippen LogP contribution in [-0.2, 0) is 38.1 Å². The fourth-order valence-electron chi connectivity index (χ4n) is 2.65. The van der Waals surface area contributed by atoms with Crippen LogP contribution in [0, 0.1) is 16.2 Å². The first-order valence-electron chi connectivity index (χ1n) is 10.9. The molecule has 1 saturated heterocycles. The second-order valence-electron chi connectivity index (χ2n) is 11.4. The molecule has 0 aromatic carbocycles.